The van der Waals surface area contributed by atoms with Crippen molar-refractivity contribution in [3.05, 3.63) is 64.7 Å². The van der Waals surface area contributed by atoms with Crippen LogP contribution in [0.2, 0.25) is 0 Å². The van der Waals surface area contributed by atoms with Crippen LogP contribution in [0.1, 0.15) is 28.3 Å². The lowest BCUT2D eigenvalue weighted by Crippen LogP contribution is -2.20. The quantitative estimate of drug-likeness (QED) is 0.870. The van der Waals surface area contributed by atoms with Gasteiger partial charge in [0.25, 0.3) is 0 Å². The number of nitrogens with zero attached hydrogens (tertiary/aromatic N) is 1. The van der Waals surface area contributed by atoms with Crippen LogP contribution in [-0.4, -0.2) is 12.0 Å². The monoisotopic (exact) mass is 298 g/mol. The van der Waals surface area contributed by atoms with Gasteiger partial charge in [0, 0.05) is 12.4 Å². The first-order valence-electron chi connectivity index (χ1n) is 6.29. The van der Waals surface area contributed by atoms with E-state index >= 15 is 0 Å². The van der Waals surface area contributed by atoms with Crippen LogP contribution in [0.15, 0.2) is 36.7 Å². The minimum atomic E-state index is -4.72. The van der Waals surface area contributed by atoms with Gasteiger partial charge in [-0.25, -0.2) is 4.39 Å². The van der Waals surface area contributed by atoms with Gasteiger partial charge in [0.15, 0.2) is 0 Å². The maximum atomic E-state index is 13.4. The Hall–Kier alpha value is -1.95. The summed E-state index contributed by atoms with van der Waals surface area (Å²) in [6, 6.07) is 4.31. The number of aryl methyl sites for hydroxylation is 1. The summed E-state index contributed by atoms with van der Waals surface area (Å²) in [5.41, 5.74) is 0.714. The summed E-state index contributed by atoms with van der Waals surface area (Å²) in [6.07, 6.45) is -1.52. The van der Waals surface area contributed by atoms with Crippen LogP contribution in [0.5, 0.6) is 0 Å². The van der Waals surface area contributed by atoms with Crippen LogP contribution in [0, 0.1) is 12.7 Å². The number of aromatic nitrogens is 1. The molecule has 112 valence electrons. The molecule has 6 heteroatoms. The van der Waals surface area contributed by atoms with Gasteiger partial charge in [0.05, 0.1) is 11.6 Å². The number of alkyl halides is 3. The van der Waals surface area contributed by atoms with Crippen molar-refractivity contribution in [3.63, 3.8) is 0 Å². The molecule has 0 radical (unpaired) electrons. The molecule has 0 saturated carbocycles. The van der Waals surface area contributed by atoms with Crippen molar-refractivity contribution in [2.24, 2.45) is 0 Å². The van der Waals surface area contributed by atoms with E-state index < -0.39 is 23.6 Å². The number of halogens is 4. The van der Waals surface area contributed by atoms with E-state index in [0.717, 1.165) is 23.3 Å². The molecule has 1 N–H and O–H groups in total. The van der Waals surface area contributed by atoms with Gasteiger partial charge in [-0.2, -0.15) is 13.2 Å². The van der Waals surface area contributed by atoms with E-state index in [2.05, 4.69) is 10.3 Å². The fourth-order valence-electron chi connectivity index (χ4n) is 2.22. The fourth-order valence-corrected chi connectivity index (χ4v) is 2.22. The Morgan fingerprint density at radius 3 is 2.48 bits per heavy atom. The van der Waals surface area contributed by atoms with E-state index in [1.165, 1.54) is 6.07 Å². The minimum Gasteiger partial charge on any atom is -0.309 e. The van der Waals surface area contributed by atoms with Crippen molar-refractivity contribution in [2.75, 3.05) is 7.05 Å². The molecule has 0 aliphatic rings. The highest BCUT2D eigenvalue weighted by Gasteiger charge is 2.34. The minimum absolute atomic E-state index is 0.335. The normalized spacial score (nSPS) is 13.2. The molecule has 2 nitrogen and oxygen atoms in total. The van der Waals surface area contributed by atoms with Crippen molar-refractivity contribution in [3.8, 4) is 0 Å². The highest BCUT2D eigenvalue weighted by molar-refractivity contribution is 5.37. The Bertz CT molecular complexity index is 638. The molecule has 1 atom stereocenters. The third kappa shape index (κ3) is 3.21. The van der Waals surface area contributed by atoms with Gasteiger partial charge in [-0.15, -0.1) is 0 Å². The molecule has 2 aromatic rings. The maximum absolute atomic E-state index is 13.4. The average molecular weight is 298 g/mol. The fraction of sp³-hybridized carbons (Fsp3) is 0.267. The number of pyridine rings is 1. The van der Waals surface area contributed by atoms with Crippen molar-refractivity contribution in [1.82, 2.24) is 10.3 Å². The summed E-state index contributed by atoms with van der Waals surface area (Å²) in [7, 11) is 1.63. The van der Waals surface area contributed by atoms with E-state index in [1.54, 1.807) is 25.5 Å². The Morgan fingerprint density at radius 2 is 1.90 bits per heavy atom. The average Bonchev–Trinajstić information content (AvgIpc) is 2.42. The van der Waals surface area contributed by atoms with Crippen molar-refractivity contribution < 1.29 is 17.6 Å². The molecule has 0 amide bonds. The molecule has 1 unspecified atom stereocenters. The predicted molar refractivity (Wildman–Crippen MR) is 71.3 cm³/mol. The van der Waals surface area contributed by atoms with Crippen molar-refractivity contribution >= 4 is 0 Å². The predicted octanol–water partition coefficient (Wildman–Crippen LogP) is 3.86. The van der Waals surface area contributed by atoms with E-state index in [0.29, 0.717) is 5.56 Å². The molecular weight excluding hydrogens is 284 g/mol. The van der Waals surface area contributed by atoms with E-state index in [1.807, 2.05) is 6.92 Å². The van der Waals surface area contributed by atoms with Gasteiger partial charge in [-0.1, -0.05) is 6.07 Å². The van der Waals surface area contributed by atoms with Gasteiger partial charge in [-0.3, -0.25) is 4.98 Å². The zero-order chi connectivity index (χ0) is 15.6. The highest BCUT2D eigenvalue weighted by atomic mass is 19.4. The van der Waals surface area contributed by atoms with E-state index in [-0.39, 0.29) is 0 Å². The summed E-state index contributed by atoms with van der Waals surface area (Å²) >= 11 is 0. The zero-order valence-electron chi connectivity index (χ0n) is 11.5. The van der Waals surface area contributed by atoms with Crippen molar-refractivity contribution in [2.45, 2.75) is 19.1 Å². The molecule has 0 fully saturated rings. The number of hydrogen-bond acceptors (Lipinski definition) is 2. The van der Waals surface area contributed by atoms with Gasteiger partial charge in [0.1, 0.15) is 5.82 Å². The molecule has 0 aliphatic heterocycles. The molecule has 0 saturated heterocycles. The molecule has 0 bridgehead atoms. The largest absolute Gasteiger partial charge is 0.419 e. The molecule has 1 heterocycles. The zero-order valence-corrected chi connectivity index (χ0v) is 11.5. The smallest absolute Gasteiger partial charge is 0.309 e. The lowest BCUT2D eigenvalue weighted by Gasteiger charge is -2.20. The van der Waals surface area contributed by atoms with Gasteiger partial charge >= 0.3 is 6.18 Å². The standard InChI is InChI=1S/C15H14F4N2/c1-9-5-6-21-8-11(9)14(20-2)10-3-4-13(16)12(7-10)15(17,18)19/h3-8,14,20H,1-2H3. The lowest BCUT2D eigenvalue weighted by atomic mass is 9.95. The summed E-state index contributed by atoms with van der Waals surface area (Å²) in [5, 5.41) is 2.94. The lowest BCUT2D eigenvalue weighted by molar-refractivity contribution is -0.140. The summed E-state index contributed by atoms with van der Waals surface area (Å²) < 4.78 is 51.8. The SMILES string of the molecule is CNC(c1ccc(F)c(C(F)(F)F)c1)c1cnccc1C. The van der Waals surface area contributed by atoms with Gasteiger partial charge in [-0.05, 0) is 48.9 Å². The number of rotatable bonds is 3. The Morgan fingerprint density at radius 1 is 1.19 bits per heavy atom. The Balaban J connectivity index is 2.52. The second kappa shape index (κ2) is 5.81. The molecular formula is C15H14F4N2. The third-order valence-corrected chi connectivity index (χ3v) is 3.31. The Kier molecular flexibility index (Phi) is 4.27. The number of benzene rings is 1. The van der Waals surface area contributed by atoms with Gasteiger partial charge in [0.2, 0.25) is 0 Å². The molecule has 1 aromatic carbocycles. The van der Waals surface area contributed by atoms with Crippen LogP contribution in [-0.2, 0) is 6.18 Å². The van der Waals surface area contributed by atoms with Crippen LogP contribution in [0.3, 0.4) is 0 Å². The topological polar surface area (TPSA) is 24.9 Å². The molecule has 0 spiro atoms. The molecule has 1 aromatic heterocycles. The van der Waals surface area contributed by atoms with Crippen LogP contribution < -0.4 is 5.32 Å². The number of nitrogens with one attached hydrogen (secondary N) is 1. The van der Waals surface area contributed by atoms with Crippen molar-refractivity contribution in [1.29, 1.82) is 0 Å². The van der Waals surface area contributed by atoms with Crippen LogP contribution in [0.25, 0.3) is 0 Å². The molecule has 2 rings (SSSR count). The van der Waals surface area contributed by atoms with Gasteiger partial charge < -0.3 is 5.32 Å². The first-order chi connectivity index (χ1) is 9.84. The first-order valence-corrected chi connectivity index (χ1v) is 6.29. The highest BCUT2D eigenvalue weighted by Crippen LogP contribution is 2.34. The maximum Gasteiger partial charge on any atom is 0.419 e. The molecule has 0 aliphatic carbocycles. The summed E-state index contributed by atoms with van der Waals surface area (Å²) in [6.45, 7) is 1.84. The van der Waals surface area contributed by atoms with E-state index in [4.69, 9.17) is 0 Å². The van der Waals surface area contributed by atoms with Crippen LogP contribution >= 0.6 is 0 Å². The Labute approximate surface area is 119 Å². The summed E-state index contributed by atoms with van der Waals surface area (Å²) in [5.74, 6) is -1.27. The number of hydrogen-bond donors (Lipinski definition) is 1. The second-order valence-electron chi connectivity index (χ2n) is 4.69. The third-order valence-electron chi connectivity index (χ3n) is 3.31. The first kappa shape index (κ1) is 15.4. The van der Waals surface area contributed by atoms with Crippen LogP contribution in [0.4, 0.5) is 17.6 Å². The molecule has 21 heavy (non-hydrogen) atoms. The summed E-state index contributed by atoms with van der Waals surface area (Å²) in [4.78, 5) is 3.99. The van der Waals surface area contributed by atoms with E-state index in [9.17, 15) is 17.6 Å². The second-order valence-corrected chi connectivity index (χ2v) is 4.69.